The number of anilines is 1. The van der Waals surface area contributed by atoms with Crippen molar-refractivity contribution in [1.82, 2.24) is 14.9 Å². The molecule has 0 unspecified atom stereocenters. The molecule has 0 atom stereocenters. The van der Waals surface area contributed by atoms with Gasteiger partial charge < -0.3 is 10.6 Å². The van der Waals surface area contributed by atoms with Crippen LogP contribution in [-0.2, 0) is 12.8 Å². The first-order valence-corrected chi connectivity index (χ1v) is 9.78. The summed E-state index contributed by atoms with van der Waals surface area (Å²) >= 11 is 1.50. The third-order valence-electron chi connectivity index (χ3n) is 4.64. The van der Waals surface area contributed by atoms with E-state index < -0.39 is 0 Å². The minimum Gasteiger partial charge on any atom is -0.348 e. The number of hydrogen-bond donors (Lipinski definition) is 2. The number of rotatable bonds is 5. The summed E-state index contributed by atoms with van der Waals surface area (Å²) in [7, 11) is 0. The molecule has 138 valence electrons. The highest BCUT2D eigenvalue weighted by atomic mass is 32.1. The first kappa shape index (κ1) is 17.5. The quantitative estimate of drug-likeness (QED) is 0.666. The Morgan fingerprint density at radius 1 is 1.26 bits per heavy atom. The van der Waals surface area contributed by atoms with Crippen molar-refractivity contribution in [3.05, 3.63) is 64.8 Å². The Morgan fingerprint density at radius 3 is 2.93 bits per heavy atom. The number of fused-ring (bicyclic) bond motifs is 2. The van der Waals surface area contributed by atoms with Crippen LogP contribution in [0.5, 0.6) is 0 Å². The molecule has 27 heavy (non-hydrogen) atoms. The topological polar surface area (TPSA) is 75.5 Å². The number of hydrogen-bond acceptors (Lipinski definition) is 4. The third kappa shape index (κ3) is 3.38. The van der Waals surface area contributed by atoms with Crippen LogP contribution < -0.4 is 10.6 Å². The van der Waals surface area contributed by atoms with E-state index in [1.165, 1.54) is 16.2 Å². The van der Waals surface area contributed by atoms with Gasteiger partial charge in [-0.15, -0.1) is 17.9 Å². The van der Waals surface area contributed by atoms with Gasteiger partial charge in [0.2, 0.25) is 0 Å². The Kier molecular flexibility index (Phi) is 4.77. The van der Waals surface area contributed by atoms with Gasteiger partial charge in [0, 0.05) is 17.6 Å². The molecule has 4 rings (SSSR count). The summed E-state index contributed by atoms with van der Waals surface area (Å²) in [6.07, 6.45) is 7.43. The van der Waals surface area contributed by atoms with Gasteiger partial charge in [0.25, 0.3) is 11.8 Å². The van der Waals surface area contributed by atoms with Crippen LogP contribution in [0.15, 0.2) is 43.1 Å². The second-order valence-corrected chi connectivity index (χ2v) is 7.57. The zero-order chi connectivity index (χ0) is 18.8. The van der Waals surface area contributed by atoms with Crippen molar-refractivity contribution < 1.29 is 9.59 Å². The molecule has 6 nitrogen and oxygen atoms in total. The van der Waals surface area contributed by atoms with E-state index in [2.05, 4.69) is 22.3 Å². The number of nitrogens with one attached hydrogen (secondary N) is 2. The Morgan fingerprint density at radius 2 is 2.11 bits per heavy atom. The highest BCUT2D eigenvalue weighted by Crippen LogP contribution is 2.38. The normalized spacial score (nSPS) is 13.2. The van der Waals surface area contributed by atoms with Crippen molar-refractivity contribution in [1.29, 1.82) is 0 Å². The van der Waals surface area contributed by atoms with E-state index in [0.717, 1.165) is 36.8 Å². The van der Waals surface area contributed by atoms with E-state index in [1.54, 1.807) is 22.9 Å². The molecule has 0 saturated carbocycles. The molecule has 0 fully saturated rings. The van der Waals surface area contributed by atoms with Gasteiger partial charge in [-0.25, -0.2) is 4.52 Å². The smallest absolute Gasteiger partial charge is 0.276 e. The van der Waals surface area contributed by atoms with Crippen LogP contribution in [-0.4, -0.2) is 28.0 Å². The Hall–Kier alpha value is -2.93. The number of pyridine rings is 1. The van der Waals surface area contributed by atoms with Crippen LogP contribution in [0.1, 0.15) is 44.1 Å². The van der Waals surface area contributed by atoms with E-state index in [1.807, 2.05) is 18.2 Å². The van der Waals surface area contributed by atoms with Crippen LogP contribution in [0.2, 0.25) is 0 Å². The lowest BCUT2D eigenvalue weighted by atomic mass is 9.95. The molecule has 7 heteroatoms. The second-order valence-electron chi connectivity index (χ2n) is 6.47. The maximum atomic E-state index is 12.8. The molecule has 0 spiro atoms. The molecule has 3 heterocycles. The molecule has 2 amide bonds. The van der Waals surface area contributed by atoms with E-state index in [0.29, 0.717) is 22.8 Å². The SMILES string of the molecule is C=CCNC(=O)c1c(NC(=O)c2cc3ccccn3n2)sc2c1CCCC2. The molecule has 0 bridgehead atoms. The van der Waals surface area contributed by atoms with Crippen LogP contribution in [0.4, 0.5) is 5.00 Å². The van der Waals surface area contributed by atoms with Gasteiger partial charge in [-0.05, 0) is 49.4 Å². The summed E-state index contributed by atoms with van der Waals surface area (Å²) in [5.41, 5.74) is 2.83. The van der Waals surface area contributed by atoms with Crippen molar-refractivity contribution >= 4 is 33.7 Å². The predicted molar refractivity (Wildman–Crippen MR) is 107 cm³/mol. The van der Waals surface area contributed by atoms with E-state index in [9.17, 15) is 9.59 Å². The fourth-order valence-electron chi connectivity index (χ4n) is 3.36. The maximum Gasteiger partial charge on any atom is 0.276 e. The minimum atomic E-state index is -0.310. The number of carbonyl (C=O) groups excluding carboxylic acids is 2. The van der Waals surface area contributed by atoms with Crippen LogP contribution in [0.25, 0.3) is 5.52 Å². The maximum absolute atomic E-state index is 12.8. The monoisotopic (exact) mass is 380 g/mol. The fraction of sp³-hybridized carbons (Fsp3) is 0.250. The lowest BCUT2D eigenvalue weighted by molar-refractivity contribution is 0.0958. The number of nitrogens with zero attached hydrogens (tertiary/aromatic N) is 2. The largest absolute Gasteiger partial charge is 0.348 e. The molecule has 3 aromatic rings. The average Bonchev–Trinajstić information content (AvgIpc) is 3.27. The van der Waals surface area contributed by atoms with Crippen molar-refractivity contribution in [3.8, 4) is 0 Å². The van der Waals surface area contributed by atoms with Crippen molar-refractivity contribution in [2.24, 2.45) is 0 Å². The average molecular weight is 380 g/mol. The molecule has 0 radical (unpaired) electrons. The molecule has 0 aliphatic heterocycles. The highest BCUT2D eigenvalue weighted by Gasteiger charge is 2.26. The number of aromatic nitrogens is 2. The number of amides is 2. The van der Waals surface area contributed by atoms with Crippen LogP contribution in [0, 0.1) is 0 Å². The molecular weight excluding hydrogens is 360 g/mol. The number of aryl methyl sites for hydroxylation is 1. The van der Waals surface area contributed by atoms with Crippen molar-refractivity contribution in [3.63, 3.8) is 0 Å². The lowest BCUT2D eigenvalue weighted by Gasteiger charge is -2.12. The summed E-state index contributed by atoms with van der Waals surface area (Å²) in [6.45, 7) is 4.03. The van der Waals surface area contributed by atoms with E-state index >= 15 is 0 Å². The summed E-state index contributed by atoms with van der Waals surface area (Å²) in [5, 5.41) is 10.7. The summed E-state index contributed by atoms with van der Waals surface area (Å²) in [4.78, 5) is 26.6. The first-order chi connectivity index (χ1) is 13.2. The van der Waals surface area contributed by atoms with Crippen LogP contribution >= 0.6 is 11.3 Å². The second kappa shape index (κ2) is 7.36. The minimum absolute atomic E-state index is 0.167. The van der Waals surface area contributed by atoms with Gasteiger partial charge in [-0.2, -0.15) is 5.10 Å². The standard InChI is InChI=1S/C20H20N4O2S/c1-2-10-21-19(26)17-14-8-3-4-9-16(14)27-20(17)22-18(25)15-12-13-7-5-6-11-24(13)23-15/h2,5-7,11-12H,1,3-4,8-10H2,(H,21,26)(H,22,25). The molecule has 2 N–H and O–H groups in total. The van der Waals surface area contributed by atoms with Gasteiger partial charge in [0.05, 0.1) is 11.1 Å². The molecule has 3 aromatic heterocycles. The zero-order valence-corrected chi connectivity index (χ0v) is 15.6. The summed E-state index contributed by atoms with van der Waals surface area (Å²) < 4.78 is 1.66. The van der Waals surface area contributed by atoms with Gasteiger partial charge in [-0.3, -0.25) is 9.59 Å². The highest BCUT2D eigenvalue weighted by molar-refractivity contribution is 7.17. The van der Waals surface area contributed by atoms with Crippen molar-refractivity contribution in [2.75, 3.05) is 11.9 Å². The molecule has 0 saturated heterocycles. The number of thiophene rings is 1. The Bertz CT molecular complexity index is 1000. The van der Waals surface area contributed by atoms with Gasteiger partial charge >= 0.3 is 0 Å². The molecule has 1 aliphatic carbocycles. The van der Waals surface area contributed by atoms with E-state index in [4.69, 9.17) is 0 Å². The van der Waals surface area contributed by atoms with Gasteiger partial charge in [0.1, 0.15) is 5.00 Å². The number of carbonyl (C=O) groups is 2. The molecule has 1 aliphatic rings. The predicted octanol–water partition coefficient (Wildman–Crippen LogP) is 3.44. The summed E-state index contributed by atoms with van der Waals surface area (Å²) in [6, 6.07) is 7.38. The first-order valence-electron chi connectivity index (χ1n) is 8.97. The Balaban J connectivity index is 1.66. The Labute approximate surface area is 160 Å². The van der Waals surface area contributed by atoms with Gasteiger partial charge in [-0.1, -0.05) is 12.1 Å². The van der Waals surface area contributed by atoms with Gasteiger partial charge in [0.15, 0.2) is 5.69 Å². The van der Waals surface area contributed by atoms with Crippen molar-refractivity contribution in [2.45, 2.75) is 25.7 Å². The van der Waals surface area contributed by atoms with Crippen LogP contribution in [0.3, 0.4) is 0 Å². The summed E-state index contributed by atoms with van der Waals surface area (Å²) in [5.74, 6) is -0.477. The fourth-order valence-corrected chi connectivity index (χ4v) is 4.65. The third-order valence-corrected chi connectivity index (χ3v) is 5.84. The lowest BCUT2D eigenvalue weighted by Crippen LogP contribution is -2.26. The molecular formula is C20H20N4O2S. The zero-order valence-electron chi connectivity index (χ0n) is 14.8. The van der Waals surface area contributed by atoms with E-state index in [-0.39, 0.29) is 11.8 Å². The molecule has 0 aromatic carbocycles.